The molecular weight excluding hydrogens is 220 g/mol. The lowest BCUT2D eigenvalue weighted by Gasteiger charge is -2.44. The molecule has 1 unspecified atom stereocenters. The Morgan fingerprint density at radius 1 is 1.00 bits per heavy atom. The van der Waals surface area contributed by atoms with Crippen LogP contribution in [0.3, 0.4) is 0 Å². The summed E-state index contributed by atoms with van der Waals surface area (Å²) in [4.78, 5) is 2.86. The van der Waals surface area contributed by atoms with Crippen molar-refractivity contribution >= 4 is 0 Å². The average molecular weight is 252 g/mol. The molecule has 1 aliphatic carbocycles. The van der Waals surface area contributed by atoms with Crippen LogP contribution in [0.25, 0.3) is 0 Å². The van der Waals surface area contributed by atoms with E-state index in [-0.39, 0.29) is 0 Å². The van der Waals surface area contributed by atoms with Gasteiger partial charge in [-0.3, -0.25) is 4.90 Å². The van der Waals surface area contributed by atoms with Crippen molar-refractivity contribution in [3.8, 4) is 0 Å². The molecule has 18 heavy (non-hydrogen) atoms. The van der Waals surface area contributed by atoms with Crippen LogP contribution in [-0.2, 0) is 0 Å². The van der Waals surface area contributed by atoms with Crippen molar-refractivity contribution < 1.29 is 0 Å². The van der Waals surface area contributed by atoms with E-state index < -0.39 is 0 Å². The Bertz CT molecular complexity index is 221. The number of hydrogen-bond acceptors (Lipinski definition) is 2. The molecule has 0 spiro atoms. The van der Waals surface area contributed by atoms with Gasteiger partial charge in [0, 0.05) is 18.1 Å². The molecule has 1 atom stereocenters. The molecule has 0 radical (unpaired) electrons. The van der Waals surface area contributed by atoms with Crippen LogP contribution in [0.5, 0.6) is 0 Å². The zero-order valence-corrected chi connectivity index (χ0v) is 12.5. The van der Waals surface area contributed by atoms with Crippen LogP contribution < -0.4 is 5.32 Å². The highest BCUT2D eigenvalue weighted by molar-refractivity contribution is 4.87. The maximum atomic E-state index is 3.70. The predicted octanol–water partition coefficient (Wildman–Crippen LogP) is 3.56. The SMILES string of the molecule is CCCNC1CCC(N2CCCCC2CC)CC1. The highest BCUT2D eigenvalue weighted by Crippen LogP contribution is 2.29. The van der Waals surface area contributed by atoms with E-state index in [0.29, 0.717) is 0 Å². The Hall–Kier alpha value is -0.0800. The first-order valence-electron chi connectivity index (χ1n) is 8.34. The summed E-state index contributed by atoms with van der Waals surface area (Å²) in [6.45, 7) is 7.21. The number of nitrogens with one attached hydrogen (secondary N) is 1. The highest BCUT2D eigenvalue weighted by Gasteiger charge is 2.30. The summed E-state index contributed by atoms with van der Waals surface area (Å²) >= 11 is 0. The van der Waals surface area contributed by atoms with Gasteiger partial charge < -0.3 is 5.32 Å². The Kier molecular flexibility index (Phi) is 5.97. The molecular formula is C16H32N2. The summed E-state index contributed by atoms with van der Waals surface area (Å²) in [5.41, 5.74) is 0. The molecule has 1 saturated heterocycles. The summed E-state index contributed by atoms with van der Waals surface area (Å²) in [7, 11) is 0. The second kappa shape index (κ2) is 7.49. The lowest BCUT2D eigenvalue weighted by Crippen LogP contribution is -2.49. The van der Waals surface area contributed by atoms with Crippen LogP contribution >= 0.6 is 0 Å². The molecule has 106 valence electrons. The van der Waals surface area contributed by atoms with E-state index in [1.54, 1.807) is 0 Å². The Labute approximate surface area is 114 Å². The molecule has 2 fully saturated rings. The molecule has 0 bridgehead atoms. The van der Waals surface area contributed by atoms with Crippen LogP contribution in [-0.4, -0.2) is 36.1 Å². The molecule has 1 aliphatic heterocycles. The van der Waals surface area contributed by atoms with E-state index in [1.807, 2.05) is 0 Å². The maximum Gasteiger partial charge on any atom is 0.00993 e. The lowest BCUT2D eigenvalue weighted by atomic mass is 9.87. The van der Waals surface area contributed by atoms with E-state index in [0.717, 1.165) is 18.1 Å². The van der Waals surface area contributed by atoms with Gasteiger partial charge in [0.1, 0.15) is 0 Å². The van der Waals surface area contributed by atoms with Crippen molar-refractivity contribution in [2.24, 2.45) is 0 Å². The van der Waals surface area contributed by atoms with Gasteiger partial charge in [-0.2, -0.15) is 0 Å². The number of hydrogen-bond donors (Lipinski definition) is 1. The summed E-state index contributed by atoms with van der Waals surface area (Å²) in [5.74, 6) is 0. The summed E-state index contributed by atoms with van der Waals surface area (Å²) in [5, 5.41) is 3.70. The van der Waals surface area contributed by atoms with Gasteiger partial charge >= 0.3 is 0 Å². The minimum atomic E-state index is 0.811. The van der Waals surface area contributed by atoms with E-state index >= 15 is 0 Å². The first-order valence-corrected chi connectivity index (χ1v) is 8.34. The third-order valence-electron chi connectivity index (χ3n) is 4.99. The minimum Gasteiger partial charge on any atom is -0.314 e. The number of piperidine rings is 1. The smallest absolute Gasteiger partial charge is 0.00993 e. The molecule has 0 aromatic carbocycles. The molecule has 0 aromatic rings. The molecule has 0 amide bonds. The topological polar surface area (TPSA) is 15.3 Å². The maximum absolute atomic E-state index is 3.70. The molecule has 1 N–H and O–H groups in total. The van der Waals surface area contributed by atoms with Crippen LogP contribution in [0.4, 0.5) is 0 Å². The van der Waals surface area contributed by atoms with Crippen molar-refractivity contribution in [1.82, 2.24) is 10.2 Å². The average Bonchev–Trinajstić information content (AvgIpc) is 2.45. The number of rotatable bonds is 5. The molecule has 2 rings (SSSR count). The summed E-state index contributed by atoms with van der Waals surface area (Å²) in [6, 6.07) is 2.60. The van der Waals surface area contributed by atoms with Crippen LogP contribution in [0.1, 0.15) is 71.6 Å². The second-order valence-corrected chi connectivity index (χ2v) is 6.26. The molecule has 2 nitrogen and oxygen atoms in total. The fraction of sp³-hybridized carbons (Fsp3) is 1.00. The van der Waals surface area contributed by atoms with Crippen LogP contribution in [0, 0.1) is 0 Å². The van der Waals surface area contributed by atoms with Gasteiger partial charge in [-0.05, 0) is 64.5 Å². The first kappa shape index (κ1) is 14.3. The molecule has 0 aromatic heterocycles. The van der Waals surface area contributed by atoms with Gasteiger partial charge in [0.25, 0.3) is 0 Å². The third kappa shape index (κ3) is 3.71. The van der Waals surface area contributed by atoms with Crippen molar-refractivity contribution in [1.29, 1.82) is 0 Å². The molecule has 2 aliphatic rings. The Balaban J connectivity index is 1.77. The van der Waals surface area contributed by atoms with Crippen molar-refractivity contribution in [3.05, 3.63) is 0 Å². The standard InChI is InChI=1S/C16H32N2/c1-3-12-17-14-8-10-16(11-9-14)18-13-6-5-7-15(18)4-2/h14-17H,3-13H2,1-2H3. The van der Waals surface area contributed by atoms with E-state index in [2.05, 4.69) is 24.1 Å². The van der Waals surface area contributed by atoms with Gasteiger partial charge in [0.15, 0.2) is 0 Å². The summed E-state index contributed by atoms with van der Waals surface area (Å²) in [6.07, 6.45) is 12.6. The van der Waals surface area contributed by atoms with E-state index in [9.17, 15) is 0 Å². The largest absolute Gasteiger partial charge is 0.314 e. The fourth-order valence-corrected chi connectivity index (χ4v) is 3.90. The first-order chi connectivity index (χ1) is 8.85. The van der Waals surface area contributed by atoms with Crippen molar-refractivity contribution in [3.63, 3.8) is 0 Å². The predicted molar refractivity (Wildman–Crippen MR) is 79.0 cm³/mol. The van der Waals surface area contributed by atoms with E-state index in [1.165, 1.54) is 70.9 Å². The van der Waals surface area contributed by atoms with Crippen molar-refractivity contribution in [2.45, 2.75) is 89.8 Å². The van der Waals surface area contributed by atoms with Crippen molar-refractivity contribution in [2.75, 3.05) is 13.1 Å². The number of nitrogens with zero attached hydrogens (tertiary/aromatic N) is 1. The lowest BCUT2D eigenvalue weighted by molar-refractivity contribution is 0.0648. The van der Waals surface area contributed by atoms with Crippen LogP contribution in [0.15, 0.2) is 0 Å². The van der Waals surface area contributed by atoms with Gasteiger partial charge in [0.05, 0.1) is 0 Å². The zero-order valence-electron chi connectivity index (χ0n) is 12.5. The van der Waals surface area contributed by atoms with E-state index in [4.69, 9.17) is 0 Å². The van der Waals surface area contributed by atoms with Gasteiger partial charge in [-0.1, -0.05) is 20.3 Å². The van der Waals surface area contributed by atoms with Gasteiger partial charge in [0.2, 0.25) is 0 Å². The van der Waals surface area contributed by atoms with Gasteiger partial charge in [-0.15, -0.1) is 0 Å². The normalized spacial score (nSPS) is 34.7. The third-order valence-corrected chi connectivity index (χ3v) is 4.99. The zero-order chi connectivity index (χ0) is 12.8. The van der Waals surface area contributed by atoms with Gasteiger partial charge in [-0.25, -0.2) is 0 Å². The Morgan fingerprint density at radius 3 is 2.44 bits per heavy atom. The van der Waals surface area contributed by atoms with Crippen LogP contribution in [0.2, 0.25) is 0 Å². The number of likely N-dealkylation sites (tertiary alicyclic amines) is 1. The molecule has 1 saturated carbocycles. The fourth-order valence-electron chi connectivity index (χ4n) is 3.90. The molecule has 1 heterocycles. The monoisotopic (exact) mass is 252 g/mol. The summed E-state index contributed by atoms with van der Waals surface area (Å²) < 4.78 is 0. The molecule has 2 heteroatoms. The Morgan fingerprint density at radius 2 is 1.78 bits per heavy atom. The minimum absolute atomic E-state index is 0.811. The highest BCUT2D eigenvalue weighted by atomic mass is 15.2. The quantitative estimate of drug-likeness (QED) is 0.805. The second-order valence-electron chi connectivity index (χ2n) is 6.26.